The topological polar surface area (TPSA) is 134 Å². The molecule has 3 aromatic rings. The normalized spacial score (nSPS) is 10.7. The van der Waals surface area contributed by atoms with Crippen LogP contribution in [0, 0.1) is 10.1 Å². The molecule has 9 nitrogen and oxygen atoms in total. The lowest BCUT2D eigenvalue weighted by molar-refractivity contribution is -0.384. The van der Waals surface area contributed by atoms with Crippen LogP contribution in [-0.4, -0.2) is 25.3 Å². The molecule has 112 valence electrons. The Morgan fingerprint density at radius 2 is 2.00 bits per heavy atom. The number of rotatable bonds is 5. The molecule has 0 amide bonds. The second-order valence-corrected chi connectivity index (χ2v) is 6.23. The molecule has 0 atom stereocenters. The fourth-order valence-corrected chi connectivity index (χ4v) is 3.03. The molecule has 22 heavy (non-hydrogen) atoms. The van der Waals surface area contributed by atoms with Gasteiger partial charge in [-0.25, -0.2) is 0 Å². The van der Waals surface area contributed by atoms with Crippen LogP contribution >= 0.6 is 23.1 Å². The number of thioether (sulfide) groups is 1. The third-order valence-electron chi connectivity index (χ3n) is 2.53. The zero-order valence-corrected chi connectivity index (χ0v) is 12.5. The maximum atomic E-state index is 10.6. The molecule has 3 rings (SSSR count). The number of nitrogens with two attached hydrogens (primary N) is 1. The minimum absolute atomic E-state index is 0.00732. The highest BCUT2D eigenvalue weighted by Crippen LogP contribution is 2.28. The summed E-state index contributed by atoms with van der Waals surface area (Å²) in [6.07, 6.45) is 0. The van der Waals surface area contributed by atoms with E-state index < -0.39 is 4.92 Å². The third-order valence-corrected chi connectivity index (χ3v) is 4.40. The van der Waals surface area contributed by atoms with Crippen molar-refractivity contribution in [3.63, 3.8) is 0 Å². The first-order chi connectivity index (χ1) is 10.6. The average Bonchev–Trinajstić information content (AvgIpc) is 3.14. The molecule has 0 radical (unpaired) electrons. The smallest absolute Gasteiger partial charge is 0.269 e. The molecule has 0 aliphatic heterocycles. The quantitative estimate of drug-likeness (QED) is 0.423. The Morgan fingerprint density at radius 3 is 2.64 bits per heavy atom. The number of non-ortho nitro benzene ring substituents is 1. The van der Waals surface area contributed by atoms with E-state index in [9.17, 15) is 10.1 Å². The maximum Gasteiger partial charge on any atom is 0.269 e. The summed E-state index contributed by atoms with van der Waals surface area (Å²) in [5.74, 6) is 1.17. The molecule has 2 heterocycles. The minimum Gasteiger partial charge on any atom is -0.420 e. The summed E-state index contributed by atoms with van der Waals surface area (Å²) in [6, 6.07) is 5.90. The molecule has 2 N–H and O–H groups in total. The molecule has 0 fully saturated rings. The van der Waals surface area contributed by atoms with Crippen LogP contribution in [-0.2, 0) is 5.75 Å². The van der Waals surface area contributed by atoms with Gasteiger partial charge in [-0.2, -0.15) is 0 Å². The van der Waals surface area contributed by atoms with Crippen molar-refractivity contribution in [1.82, 2.24) is 20.4 Å². The van der Waals surface area contributed by atoms with Crippen LogP contribution in [0.5, 0.6) is 0 Å². The monoisotopic (exact) mass is 336 g/mol. The van der Waals surface area contributed by atoms with Gasteiger partial charge in [-0.05, 0) is 12.1 Å². The second kappa shape index (κ2) is 6.07. The Bertz CT molecular complexity index is 800. The van der Waals surface area contributed by atoms with Crippen molar-refractivity contribution in [3.8, 4) is 11.5 Å². The van der Waals surface area contributed by atoms with Crippen molar-refractivity contribution in [3.05, 3.63) is 40.3 Å². The third kappa shape index (κ3) is 3.20. The zero-order valence-electron chi connectivity index (χ0n) is 10.9. The molecule has 1 aromatic carbocycles. The maximum absolute atomic E-state index is 10.6. The first kappa shape index (κ1) is 14.4. The van der Waals surface area contributed by atoms with E-state index in [1.54, 1.807) is 12.1 Å². The molecule has 0 aliphatic rings. The number of nitro groups is 1. The van der Waals surface area contributed by atoms with Gasteiger partial charge in [0.2, 0.25) is 16.9 Å². The molecular weight excluding hydrogens is 328 g/mol. The van der Waals surface area contributed by atoms with Gasteiger partial charge in [0.15, 0.2) is 4.34 Å². The Kier molecular flexibility index (Phi) is 3.98. The molecule has 2 aromatic heterocycles. The Balaban J connectivity index is 1.69. The second-order valence-electron chi connectivity index (χ2n) is 4.00. The van der Waals surface area contributed by atoms with Crippen molar-refractivity contribution in [2.75, 3.05) is 5.73 Å². The van der Waals surface area contributed by atoms with Gasteiger partial charge >= 0.3 is 0 Å². The van der Waals surface area contributed by atoms with E-state index >= 15 is 0 Å². The predicted molar refractivity (Wildman–Crippen MR) is 80.3 cm³/mol. The van der Waals surface area contributed by atoms with Gasteiger partial charge in [-0.15, -0.1) is 20.4 Å². The summed E-state index contributed by atoms with van der Waals surface area (Å²) in [6.45, 7) is 0. The van der Waals surface area contributed by atoms with Crippen molar-refractivity contribution in [2.45, 2.75) is 10.1 Å². The van der Waals surface area contributed by atoms with Crippen molar-refractivity contribution < 1.29 is 9.34 Å². The van der Waals surface area contributed by atoms with Crippen LogP contribution in [0.25, 0.3) is 11.5 Å². The molecule has 0 saturated carbocycles. The number of hydrogen-bond acceptors (Lipinski definition) is 10. The van der Waals surface area contributed by atoms with Gasteiger partial charge in [0.05, 0.1) is 10.7 Å². The first-order valence-corrected chi connectivity index (χ1v) is 7.71. The van der Waals surface area contributed by atoms with Gasteiger partial charge in [0.1, 0.15) is 0 Å². The van der Waals surface area contributed by atoms with E-state index in [0.717, 1.165) is 0 Å². The van der Waals surface area contributed by atoms with Gasteiger partial charge < -0.3 is 10.2 Å². The fourth-order valence-electron chi connectivity index (χ4n) is 1.56. The van der Waals surface area contributed by atoms with E-state index in [1.165, 1.54) is 35.2 Å². The number of nitro benzene ring substituents is 1. The van der Waals surface area contributed by atoms with Crippen LogP contribution in [0.3, 0.4) is 0 Å². The Morgan fingerprint density at radius 1 is 1.23 bits per heavy atom. The molecule has 0 spiro atoms. The van der Waals surface area contributed by atoms with Crippen LogP contribution in [0.15, 0.2) is 33.0 Å². The summed E-state index contributed by atoms with van der Waals surface area (Å²) < 4.78 is 6.23. The standard InChI is InChI=1S/C11H8N6O3S2/c12-10-15-16-11(22-10)21-5-8-13-14-9(20-8)6-1-3-7(4-2-6)17(18)19/h1-4H,5H2,(H2,12,15). The Labute approximate surface area is 131 Å². The molecule has 0 saturated heterocycles. The number of anilines is 1. The minimum atomic E-state index is -0.465. The van der Waals surface area contributed by atoms with E-state index in [1.807, 2.05) is 0 Å². The van der Waals surface area contributed by atoms with Gasteiger partial charge in [-0.3, -0.25) is 10.1 Å². The highest BCUT2D eigenvalue weighted by atomic mass is 32.2. The van der Waals surface area contributed by atoms with Crippen molar-refractivity contribution in [1.29, 1.82) is 0 Å². The number of hydrogen-bond donors (Lipinski definition) is 1. The highest BCUT2D eigenvalue weighted by Gasteiger charge is 2.12. The summed E-state index contributed by atoms with van der Waals surface area (Å²) in [5.41, 5.74) is 6.12. The lowest BCUT2D eigenvalue weighted by atomic mass is 10.2. The first-order valence-electron chi connectivity index (χ1n) is 5.91. The van der Waals surface area contributed by atoms with E-state index in [0.29, 0.717) is 32.6 Å². The highest BCUT2D eigenvalue weighted by molar-refractivity contribution is 8.00. The lowest BCUT2D eigenvalue weighted by Crippen LogP contribution is -1.87. The number of aromatic nitrogens is 4. The van der Waals surface area contributed by atoms with Crippen molar-refractivity contribution in [2.24, 2.45) is 0 Å². The summed E-state index contributed by atoms with van der Waals surface area (Å²) in [4.78, 5) is 10.1. The van der Waals surface area contributed by atoms with E-state index in [4.69, 9.17) is 10.2 Å². The van der Waals surface area contributed by atoms with E-state index in [-0.39, 0.29) is 5.69 Å². The van der Waals surface area contributed by atoms with Gasteiger partial charge in [-0.1, -0.05) is 23.1 Å². The number of benzene rings is 1. The summed E-state index contributed by atoms with van der Waals surface area (Å²) >= 11 is 2.67. The zero-order chi connectivity index (χ0) is 15.5. The van der Waals surface area contributed by atoms with Gasteiger partial charge in [0.25, 0.3) is 5.69 Å². The molecule has 0 aliphatic carbocycles. The molecule has 0 bridgehead atoms. The SMILES string of the molecule is Nc1nnc(SCc2nnc(-c3ccc([N+](=O)[O-])cc3)o2)s1. The fraction of sp³-hybridized carbons (Fsp3) is 0.0909. The van der Waals surface area contributed by atoms with Crippen LogP contribution in [0.4, 0.5) is 10.8 Å². The summed E-state index contributed by atoms with van der Waals surface area (Å²) in [5, 5.41) is 26.4. The Hall–Kier alpha value is -2.53. The van der Waals surface area contributed by atoms with E-state index in [2.05, 4.69) is 20.4 Å². The van der Waals surface area contributed by atoms with Gasteiger partial charge in [0, 0.05) is 17.7 Å². The number of nitrogen functional groups attached to an aromatic ring is 1. The summed E-state index contributed by atoms with van der Waals surface area (Å²) in [7, 11) is 0. The molecular formula is C11H8N6O3S2. The average molecular weight is 336 g/mol. The number of nitrogens with zero attached hydrogens (tertiary/aromatic N) is 5. The van der Waals surface area contributed by atoms with Crippen LogP contribution in [0.1, 0.15) is 5.89 Å². The van der Waals surface area contributed by atoms with Crippen molar-refractivity contribution >= 4 is 33.9 Å². The molecule has 11 heteroatoms. The van der Waals surface area contributed by atoms with Crippen LogP contribution in [0.2, 0.25) is 0 Å². The lowest BCUT2D eigenvalue weighted by Gasteiger charge is -1.94. The predicted octanol–water partition coefficient (Wildman–Crippen LogP) is 2.37. The molecule has 0 unspecified atom stereocenters. The van der Waals surface area contributed by atoms with Crippen LogP contribution < -0.4 is 5.73 Å². The largest absolute Gasteiger partial charge is 0.420 e.